The zero-order chi connectivity index (χ0) is 20.8. The van der Waals surface area contributed by atoms with Crippen molar-refractivity contribution in [2.24, 2.45) is 0 Å². The maximum Gasteiger partial charge on any atom is 0.325 e. The Labute approximate surface area is 168 Å². The molecule has 1 saturated heterocycles. The summed E-state index contributed by atoms with van der Waals surface area (Å²) < 4.78 is 6.45. The van der Waals surface area contributed by atoms with Gasteiger partial charge >= 0.3 is 5.97 Å². The van der Waals surface area contributed by atoms with E-state index in [1.165, 1.54) is 0 Å². The largest absolute Gasteiger partial charge is 0.465 e. The number of likely N-dealkylation sites (tertiary alicyclic amines) is 1. The number of esters is 1. The minimum absolute atomic E-state index is 0.00350. The van der Waals surface area contributed by atoms with Crippen LogP contribution in [0.25, 0.3) is 10.9 Å². The van der Waals surface area contributed by atoms with Gasteiger partial charge in [0.2, 0.25) is 5.91 Å². The number of fused-ring (bicyclic) bond motifs is 1. The van der Waals surface area contributed by atoms with Crippen LogP contribution >= 0.6 is 0 Å². The summed E-state index contributed by atoms with van der Waals surface area (Å²) in [5, 5.41) is 2.88. The van der Waals surface area contributed by atoms with Gasteiger partial charge in [0.05, 0.1) is 12.2 Å². The number of ketones is 1. The second-order valence-corrected chi connectivity index (χ2v) is 6.95. The molecule has 1 aromatic carbocycles. The van der Waals surface area contributed by atoms with Gasteiger partial charge < -0.3 is 19.5 Å². The number of benzene rings is 1. The Balaban J connectivity index is 1.78. The van der Waals surface area contributed by atoms with E-state index in [-0.39, 0.29) is 31.2 Å². The van der Waals surface area contributed by atoms with Gasteiger partial charge in [-0.25, -0.2) is 0 Å². The minimum atomic E-state index is -0.886. The molecular weight excluding hydrogens is 374 g/mol. The van der Waals surface area contributed by atoms with Crippen LogP contribution in [0, 0.1) is 0 Å². The van der Waals surface area contributed by atoms with Gasteiger partial charge in [-0.3, -0.25) is 19.2 Å². The molecule has 3 rings (SSSR count). The van der Waals surface area contributed by atoms with Gasteiger partial charge in [0.15, 0.2) is 0 Å². The molecule has 0 spiro atoms. The monoisotopic (exact) mass is 399 g/mol. The van der Waals surface area contributed by atoms with E-state index in [4.69, 9.17) is 4.74 Å². The molecule has 0 bridgehead atoms. The van der Waals surface area contributed by atoms with Crippen molar-refractivity contribution < 1.29 is 23.9 Å². The fourth-order valence-corrected chi connectivity index (χ4v) is 3.51. The summed E-state index contributed by atoms with van der Waals surface area (Å²) in [6.45, 7) is 3.09. The molecule has 0 atom stereocenters. The molecule has 1 aliphatic heterocycles. The van der Waals surface area contributed by atoms with Crippen molar-refractivity contribution in [1.82, 2.24) is 14.8 Å². The van der Waals surface area contributed by atoms with Crippen LogP contribution in [0.2, 0.25) is 0 Å². The predicted molar refractivity (Wildman–Crippen MR) is 106 cm³/mol. The summed E-state index contributed by atoms with van der Waals surface area (Å²) in [7, 11) is 0. The average molecular weight is 399 g/mol. The van der Waals surface area contributed by atoms with Crippen molar-refractivity contribution >= 4 is 34.5 Å². The number of rotatable bonds is 7. The van der Waals surface area contributed by atoms with Gasteiger partial charge in [-0.15, -0.1) is 0 Å². The summed E-state index contributed by atoms with van der Waals surface area (Å²) >= 11 is 0. The van der Waals surface area contributed by atoms with Crippen LogP contribution in [0.15, 0.2) is 30.5 Å². The number of nitrogens with one attached hydrogen (secondary N) is 1. The van der Waals surface area contributed by atoms with Crippen molar-refractivity contribution in [3.8, 4) is 0 Å². The molecule has 8 heteroatoms. The van der Waals surface area contributed by atoms with Gasteiger partial charge in [0.25, 0.3) is 11.7 Å². The van der Waals surface area contributed by atoms with Crippen molar-refractivity contribution in [1.29, 1.82) is 0 Å². The lowest BCUT2D eigenvalue weighted by Crippen LogP contribution is -2.37. The van der Waals surface area contributed by atoms with Crippen molar-refractivity contribution in [3.63, 3.8) is 0 Å². The first-order valence-electron chi connectivity index (χ1n) is 9.85. The number of piperidine rings is 1. The fourth-order valence-electron chi connectivity index (χ4n) is 3.51. The van der Waals surface area contributed by atoms with Crippen LogP contribution in [0.3, 0.4) is 0 Å². The summed E-state index contributed by atoms with van der Waals surface area (Å²) in [5.74, 6) is -2.25. The number of nitrogens with zero attached hydrogens (tertiary/aromatic N) is 2. The minimum Gasteiger partial charge on any atom is -0.465 e. The van der Waals surface area contributed by atoms with E-state index in [1.54, 1.807) is 29.8 Å². The molecule has 0 saturated carbocycles. The van der Waals surface area contributed by atoms with Crippen LogP contribution in [0.1, 0.15) is 36.5 Å². The van der Waals surface area contributed by atoms with Crippen LogP contribution in [0.4, 0.5) is 0 Å². The number of amides is 2. The molecule has 1 aromatic heterocycles. The Kier molecular flexibility index (Phi) is 6.64. The van der Waals surface area contributed by atoms with Crippen molar-refractivity contribution in [3.05, 3.63) is 36.0 Å². The van der Waals surface area contributed by atoms with E-state index in [2.05, 4.69) is 5.32 Å². The molecule has 0 aliphatic carbocycles. The maximum atomic E-state index is 12.7. The zero-order valence-corrected chi connectivity index (χ0v) is 16.5. The smallest absolute Gasteiger partial charge is 0.325 e. The Hall–Kier alpha value is -3.16. The molecule has 29 heavy (non-hydrogen) atoms. The topological polar surface area (TPSA) is 97.7 Å². The Morgan fingerprint density at radius 2 is 1.79 bits per heavy atom. The van der Waals surface area contributed by atoms with E-state index in [0.717, 1.165) is 32.4 Å². The average Bonchev–Trinajstić information content (AvgIpc) is 3.10. The van der Waals surface area contributed by atoms with Crippen LogP contribution in [-0.4, -0.2) is 59.3 Å². The zero-order valence-electron chi connectivity index (χ0n) is 16.5. The highest BCUT2D eigenvalue weighted by Gasteiger charge is 2.24. The lowest BCUT2D eigenvalue weighted by Gasteiger charge is -2.27. The molecule has 154 valence electrons. The number of hydrogen-bond acceptors (Lipinski definition) is 5. The third-order valence-electron chi connectivity index (χ3n) is 4.95. The van der Waals surface area contributed by atoms with Gasteiger partial charge in [0.1, 0.15) is 13.1 Å². The Morgan fingerprint density at radius 1 is 1.07 bits per heavy atom. The van der Waals surface area contributed by atoms with Crippen LogP contribution in [-0.2, 0) is 25.7 Å². The SMILES string of the molecule is CCOC(=O)CNC(=O)C(=O)c1cn(CC(=O)N2CCCCC2)c2ccccc12. The number of para-hydroxylation sites is 1. The molecule has 8 nitrogen and oxygen atoms in total. The number of Topliss-reactive ketones (excluding diaryl/α,β-unsaturated/α-hetero) is 1. The molecule has 0 unspecified atom stereocenters. The Morgan fingerprint density at radius 3 is 2.52 bits per heavy atom. The first kappa shape index (κ1) is 20.6. The lowest BCUT2D eigenvalue weighted by atomic mass is 10.1. The number of ether oxygens (including phenoxy) is 1. The summed E-state index contributed by atoms with van der Waals surface area (Å²) in [6, 6.07) is 7.14. The van der Waals surface area contributed by atoms with Crippen LogP contribution in [0.5, 0.6) is 0 Å². The van der Waals surface area contributed by atoms with E-state index in [9.17, 15) is 19.2 Å². The fraction of sp³-hybridized carbons (Fsp3) is 0.429. The third kappa shape index (κ3) is 4.82. The highest BCUT2D eigenvalue weighted by molar-refractivity contribution is 6.45. The number of carbonyl (C=O) groups excluding carboxylic acids is 4. The number of aromatic nitrogens is 1. The highest BCUT2D eigenvalue weighted by atomic mass is 16.5. The van der Waals surface area contributed by atoms with E-state index in [1.807, 2.05) is 17.0 Å². The number of carbonyl (C=O) groups is 4. The summed E-state index contributed by atoms with van der Waals surface area (Å²) in [5.41, 5.74) is 0.910. The van der Waals surface area contributed by atoms with Crippen LogP contribution < -0.4 is 5.32 Å². The van der Waals surface area contributed by atoms with E-state index >= 15 is 0 Å². The standard InChI is InChI=1S/C21H25N3O5/c1-2-29-19(26)12-22-21(28)20(27)16-13-24(17-9-5-4-8-15(16)17)14-18(25)23-10-6-3-7-11-23/h4-5,8-9,13H,2-3,6-7,10-12,14H2,1H3,(H,22,28). The third-order valence-corrected chi connectivity index (χ3v) is 4.95. The van der Waals surface area contributed by atoms with Crippen molar-refractivity contribution in [2.45, 2.75) is 32.7 Å². The van der Waals surface area contributed by atoms with Gasteiger partial charge in [-0.05, 0) is 32.3 Å². The molecule has 1 fully saturated rings. The normalized spacial score (nSPS) is 13.9. The van der Waals surface area contributed by atoms with Gasteiger partial charge in [-0.2, -0.15) is 0 Å². The summed E-state index contributed by atoms with van der Waals surface area (Å²) in [4.78, 5) is 50.8. The molecule has 2 amide bonds. The van der Waals surface area contributed by atoms with Crippen molar-refractivity contribution in [2.75, 3.05) is 26.2 Å². The first-order chi connectivity index (χ1) is 14.0. The quantitative estimate of drug-likeness (QED) is 0.432. The molecule has 2 heterocycles. The number of hydrogen-bond donors (Lipinski definition) is 1. The molecular formula is C21H25N3O5. The molecule has 1 N–H and O–H groups in total. The maximum absolute atomic E-state index is 12.7. The lowest BCUT2D eigenvalue weighted by molar-refractivity contribution is -0.143. The molecule has 0 radical (unpaired) electrons. The molecule has 1 aliphatic rings. The second-order valence-electron chi connectivity index (χ2n) is 6.95. The van der Waals surface area contributed by atoms with E-state index < -0.39 is 17.7 Å². The summed E-state index contributed by atoms with van der Waals surface area (Å²) in [6.07, 6.45) is 4.68. The predicted octanol–water partition coefficient (Wildman–Crippen LogP) is 1.52. The highest BCUT2D eigenvalue weighted by Crippen LogP contribution is 2.22. The van der Waals surface area contributed by atoms with E-state index in [0.29, 0.717) is 10.9 Å². The second kappa shape index (κ2) is 9.36. The van der Waals surface area contributed by atoms with Gasteiger partial charge in [-0.1, -0.05) is 18.2 Å². The Bertz CT molecular complexity index is 928. The van der Waals surface area contributed by atoms with Gasteiger partial charge in [0, 0.05) is 30.2 Å². The first-order valence-corrected chi connectivity index (χ1v) is 9.85. The molecule has 2 aromatic rings.